The van der Waals surface area contributed by atoms with Crippen LogP contribution in [0.4, 0.5) is 0 Å². The van der Waals surface area contributed by atoms with Gasteiger partial charge >= 0.3 is 0 Å². The molecule has 0 spiro atoms. The van der Waals surface area contributed by atoms with E-state index >= 15 is 0 Å². The molecule has 0 aromatic rings. The van der Waals surface area contributed by atoms with E-state index in [2.05, 4.69) is 10.1 Å². The topological polar surface area (TPSA) is 55.4 Å². The molecule has 4 nitrogen and oxygen atoms in total. The summed E-state index contributed by atoms with van der Waals surface area (Å²) in [5.41, 5.74) is -1.16. The van der Waals surface area contributed by atoms with Crippen LogP contribution in [0.2, 0.25) is 0 Å². The number of methoxy groups -OCH3 is 1. The molecular formula is C5H9NO3. The fraction of sp³-hybridized carbons (Fsp3) is 0.600. The predicted molar refractivity (Wildman–Crippen MR) is 30.7 cm³/mol. The highest BCUT2D eigenvalue weighted by atomic mass is 16.5. The van der Waals surface area contributed by atoms with Crippen molar-refractivity contribution in [3.05, 3.63) is 0 Å². The van der Waals surface area contributed by atoms with Crippen LogP contribution in [0.15, 0.2) is 0 Å². The van der Waals surface area contributed by atoms with Crippen LogP contribution in [0.5, 0.6) is 0 Å². The number of carbonyl (C=O) groups excluding carboxylic acids is 2. The summed E-state index contributed by atoms with van der Waals surface area (Å²) in [6, 6.07) is 0. The number of carbonyl (C=O) groups is 2. The number of nitrogens with one attached hydrogen (secondary N) is 1. The molecule has 0 aliphatic heterocycles. The summed E-state index contributed by atoms with van der Waals surface area (Å²) in [7, 11) is 1.34. The van der Waals surface area contributed by atoms with Gasteiger partial charge in [0.15, 0.2) is 12.0 Å². The van der Waals surface area contributed by atoms with Crippen LogP contribution in [0.3, 0.4) is 0 Å². The first kappa shape index (κ1) is 8.10. The number of aldehydes is 1. The lowest BCUT2D eigenvalue weighted by atomic mass is 10.3. The lowest BCUT2D eigenvalue weighted by Crippen LogP contribution is -2.44. The van der Waals surface area contributed by atoms with E-state index in [0.717, 1.165) is 0 Å². The number of ether oxygens (including phenoxy) is 1. The normalized spacial score (nSPS) is 15.8. The maximum absolute atomic E-state index is 10.1. The summed E-state index contributed by atoms with van der Waals surface area (Å²) in [6.07, 6.45) is 0.930. The van der Waals surface area contributed by atoms with Crippen molar-refractivity contribution < 1.29 is 14.3 Å². The Labute approximate surface area is 53.2 Å². The average Bonchev–Trinajstić information content (AvgIpc) is 1.89. The SMILES string of the molecule is COC(C)(C=O)NC=O. The van der Waals surface area contributed by atoms with Crippen LogP contribution in [-0.4, -0.2) is 25.5 Å². The quantitative estimate of drug-likeness (QED) is 0.405. The molecule has 1 unspecified atom stereocenters. The largest absolute Gasteiger partial charge is 0.352 e. The second-order valence-corrected chi connectivity index (χ2v) is 1.69. The molecule has 0 aliphatic rings. The van der Waals surface area contributed by atoms with Gasteiger partial charge in [-0.3, -0.25) is 9.59 Å². The summed E-state index contributed by atoms with van der Waals surface area (Å²) >= 11 is 0. The van der Waals surface area contributed by atoms with Gasteiger partial charge in [-0.05, 0) is 6.92 Å². The highest BCUT2D eigenvalue weighted by Gasteiger charge is 2.19. The van der Waals surface area contributed by atoms with Crippen LogP contribution < -0.4 is 5.32 Å². The van der Waals surface area contributed by atoms with Gasteiger partial charge in [-0.1, -0.05) is 0 Å². The van der Waals surface area contributed by atoms with E-state index in [1.807, 2.05) is 0 Å². The van der Waals surface area contributed by atoms with E-state index in [1.165, 1.54) is 14.0 Å². The molecule has 0 aliphatic carbocycles. The third-order valence-electron chi connectivity index (χ3n) is 0.994. The zero-order valence-corrected chi connectivity index (χ0v) is 5.38. The molecule has 4 heteroatoms. The summed E-state index contributed by atoms with van der Waals surface area (Å²) in [4.78, 5) is 19.9. The minimum Gasteiger partial charge on any atom is -0.352 e. The molecule has 52 valence electrons. The first-order valence-electron chi connectivity index (χ1n) is 2.41. The second kappa shape index (κ2) is 3.19. The van der Waals surface area contributed by atoms with Crippen molar-refractivity contribution in [3.8, 4) is 0 Å². The minimum atomic E-state index is -1.16. The lowest BCUT2D eigenvalue weighted by molar-refractivity contribution is -0.134. The predicted octanol–water partition coefficient (Wildman–Crippen LogP) is -0.706. The Morgan fingerprint density at radius 3 is 2.22 bits per heavy atom. The minimum absolute atomic E-state index is 0.415. The van der Waals surface area contributed by atoms with Gasteiger partial charge in [0.1, 0.15) is 0 Å². The van der Waals surface area contributed by atoms with Crippen LogP contribution in [-0.2, 0) is 14.3 Å². The van der Waals surface area contributed by atoms with E-state index in [1.54, 1.807) is 0 Å². The summed E-state index contributed by atoms with van der Waals surface area (Å²) in [5, 5.41) is 2.19. The molecule has 0 saturated carbocycles. The van der Waals surface area contributed by atoms with E-state index < -0.39 is 5.72 Å². The molecule has 0 fully saturated rings. The smallest absolute Gasteiger partial charge is 0.209 e. The Hall–Kier alpha value is -0.900. The first-order chi connectivity index (χ1) is 4.18. The number of hydrogen-bond donors (Lipinski definition) is 1. The van der Waals surface area contributed by atoms with Gasteiger partial charge in [0.05, 0.1) is 0 Å². The zero-order valence-electron chi connectivity index (χ0n) is 5.38. The van der Waals surface area contributed by atoms with Crippen LogP contribution >= 0.6 is 0 Å². The van der Waals surface area contributed by atoms with Crippen molar-refractivity contribution in [1.29, 1.82) is 0 Å². The molecule has 1 atom stereocenters. The van der Waals surface area contributed by atoms with Gasteiger partial charge in [-0.25, -0.2) is 0 Å². The summed E-state index contributed by atoms with van der Waals surface area (Å²) in [5.74, 6) is 0. The van der Waals surface area contributed by atoms with Gasteiger partial charge < -0.3 is 10.1 Å². The second-order valence-electron chi connectivity index (χ2n) is 1.69. The molecular weight excluding hydrogens is 122 g/mol. The molecule has 0 saturated heterocycles. The highest BCUT2D eigenvalue weighted by molar-refractivity contribution is 5.66. The number of rotatable bonds is 4. The maximum Gasteiger partial charge on any atom is 0.209 e. The van der Waals surface area contributed by atoms with Crippen molar-refractivity contribution in [2.45, 2.75) is 12.6 Å². The third-order valence-corrected chi connectivity index (χ3v) is 0.994. The fourth-order valence-electron chi connectivity index (χ4n) is 0.258. The Morgan fingerprint density at radius 1 is 1.56 bits per heavy atom. The number of amides is 1. The molecule has 9 heavy (non-hydrogen) atoms. The monoisotopic (exact) mass is 131 g/mol. The Kier molecular flexibility index (Phi) is 2.87. The Bertz CT molecular complexity index is 115. The zero-order chi connectivity index (χ0) is 7.33. The standard InChI is InChI=1S/C5H9NO3/c1-5(3-7,9-2)6-4-8/h3-4H,1-2H3,(H,6,8). The van der Waals surface area contributed by atoms with Crippen molar-refractivity contribution >= 4 is 12.7 Å². The molecule has 0 rings (SSSR count). The van der Waals surface area contributed by atoms with E-state index in [4.69, 9.17) is 0 Å². The maximum atomic E-state index is 10.1. The first-order valence-corrected chi connectivity index (χ1v) is 2.41. The summed E-state index contributed by atoms with van der Waals surface area (Å²) in [6.45, 7) is 1.45. The van der Waals surface area contributed by atoms with E-state index in [9.17, 15) is 9.59 Å². The van der Waals surface area contributed by atoms with Gasteiger partial charge in [-0.2, -0.15) is 0 Å². The van der Waals surface area contributed by atoms with Crippen LogP contribution in [0.1, 0.15) is 6.92 Å². The van der Waals surface area contributed by atoms with Crippen LogP contribution in [0.25, 0.3) is 0 Å². The molecule has 0 aromatic heterocycles. The van der Waals surface area contributed by atoms with Crippen molar-refractivity contribution in [3.63, 3.8) is 0 Å². The molecule has 1 amide bonds. The van der Waals surface area contributed by atoms with Gasteiger partial charge in [0.25, 0.3) is 0 Å². The molecule has 0 aromatic carbocycles. The lowest BCUT2D eigenvalue weighted by Gasteiger charge is -2.18. The van der Waals surface area contributed by atoms with Crippen molar-refractivity contribution in [2.24, 2.45) is 0 Å². The third kappa shape index (κ3) is 2.23. The van der Waals surface area contributed by atoms with Crippen LogP contribution in [0, 0.1) is 0 Å². The molecule has 0 radical (unpaired) electrons. The Morgan fingerprint density at radius 2 is 2.11 bits per heavy atom. The Balaban J connectivity index is 3.90. The molecule has 0 bridgehead atoms. The van der Waals surface area contributed by atoms with Crippen molar-refractivity contribution in [1.82, 2.24) is 5.32 Å². The average molecular weight is 131 g/mol. The molecule has 1 N–H and O–H groups in total. The fourth-order valence-corrected chi connectivity index (χ4v) is 0.258. The summed E-state index contributed by atoms with van der Waals surface area (Å²) < 4.78 is 4.62. The van der Waals surface area contributed by atoms with Gasteiger partial charge in [-0.15, -0.1) is 0 Å². The van der Waals surface area contributed by atoms with E-state index in [-0.39, 0.29) is 0 Å². The van der Waals surface area contributed by atoms with Crippen molar-refractivity contribution in [2.75, 3.05) is 7.11 Å². The van der Waals surface area contributed by atoms with Gasteiger partial charge in [0, 0.05) is 7.11 Å². The van der Waals surface area contributed by atoms with E-state index in [0.29, 0.717) is 12.7 Å². The highest BCUT2D eigenvalue weighted by Crippen LogP contribution is 1.96. The molecule has 0 heterocycles. The number of hydrogen-bond acceptors (Lipinski definition) is 3. The van der Waals surface area contributed by atoms with Gasteiger partial charge in [0.2, 0.25) is 6.41 Å².